The van der Waals surface area contributed by atoms with Crippen molar-refractivity contribution in [2.24, 2.45) is 11.5 Å². The van der Waals surface area contributed by atoms with E-state index >= 15 is 0 Å². The van der Waals surface area contributed by atoms with Crippen LogP contribution in [0.1, 0.15) is 12.0 Å². The van der Waals surface area contributed by atoms with Crippen molar-refractivity contribution in [3.8, 4) is 0 Å². The molecule has 0 aliphatic rings. The van der Waals surface area contributed by atoms with Gasteiger partial charge in [-0.15, -0.1) is 0 Å². The maximum absolute atomic E-state index is 10.6. The van der Waals surface area contributed by atoms with Gasteiger partial charge >= 0.3 is 0 Å². The van der Waals surface area contributed by atoms with E-state index in [1.807, 2.05) is 12.1 Å². The van der Waals surface area contributed by atoms with Crippen molar-refractivity contribution in [2.45, 2.75) is 12.8 Å². The maximum Gasteiger partial charge on any atom is 0.285 e. The second-order valence-electron chi connectivity index (χ2n) is 3.29. The molecule has 16 heavy (non-hydrogen) atoms. The molecule has 1 aromatic rings. The first-order valence-corrected chi connectivity index (χ1v) is 5.01. The third kappa shape index (κ3) is 3.43. The van der Waals surface area contributed by atoms with Crippen molar-refractivity contribution in [3.05, 3.63) is 56.5 Å². The van der Waals surface area contributed by atoms with Gasteiger partial charge in [0, 0.05) is 11.4 Å². The fourth-order valence-electron chi connectivity index (χ4n) is 1.25. The molecule has 0 aliphatic carbocycles. The zero-order valence-corrected chi connectivity index (χ0v) is 9.28. The highest BCUT2D eigenvalue weighted by atomic mass is 35.5. The average Bonchev–Trinajstić information content (AvgIpc) is 2.20. The molecule has 5 nitrogen and oxygen atoms in total. The minimum Gasteiger partial charge on any atom is -0.380 e. The number of allylic oxidation sites excluding steroid dienone is 1. The number of aryl methyl sites for hydroxylation is 1. The Hall–Kier alpha value is -1.75. The van der Waals surface area contributed by atoms with E-state index in [0.29, 0.717) is 11.4 Å². The highest BCUT2D eigenvalue weighted by Crippen LogP contribution is 2.13. The Balaban J connectivity index is 2.67. The summed E-state index contributed by atoms with van der Waals surface area (Å²) in [5, 5.41) is 11.2. The lowest BCUT2D eigenvalue weighted by molar-refractivity contribution is -0.429. The predicted octanol–water partition coefficient (Wildman–Crippen LogP) is 1.64. The largest absolute Gasteiger partial charge is 0.380 e. The van der Waals surface area contributed by atoms with Gasteiger partial charge < -0.3 is 11.5 Å². The Bertz CT molecular complexity index is 411. The van der Waals surface area contributed by atoms with Gasteiger partial charge in [-0.05, 0) is 24.1 Å². The van der Waals surface area contributed by atoms with Crippen molar-refractivity contribution in [1.29, 1.82) is 0 Å². The standard InChI is InChI=1S/C10H12ClN3O2/c11-8-4-1-7(2-5-8)3-6-9(10(12)13)14(15)16/h1-2,4-5H,3,6,12-13H2. The molecule has 0 spiro atoms. The molecule has 0 fully saturated rings. The van der Waals surface area contributed by atoms with E-state index in [1.54, 1.807) is 12.1 Å². The molecule has 0 aliphatic heterocycles. The molecule has 0 saturated heterocycles. The van der Waals surface area contributed by atoms with E-state index in [1.165, 1.54) is 0 Å². The normalized spacial score (nSPS) is 9.81. The molecule has 1 rings (SSSR count). The fraction of sp³-hybridized carbons (Fsp3) is 0.200. The Morgan fingerprint density at radius 1 is 1.31 bits per heavy atom. The van der Waals surface area contributed by atoms with Gasteiger partial charge in [0.15, 0.2) is 5.82 Å². The van der Waals surface area contributed by atoms with Crippen LogP contribution < -0.4 is 11.5 Å². The lowest BCUT2D eigenvalue weighted by Crippen LogP contribution is -2.17. The molecule has 4 N–H and O–H groups in total. The minimum atomic E-state index is -0.550. The second kappa shape index (κ2) is 5.37. The molecule has 0 bridgehead atoms. The Labute approximate surface area is 97.8 Å². The molecular weight excluding hydrogens is 230 g/mol. The molecular formula is C10H12ClN3O2. The summed E-state index contributed by atoms with van der Waals surface area (Å²) in [6, 6.07) is 7.09. The van der Waals surface area contributed by atoms with Crippen LogP contribution in [0.4, 0.5) is 0 Å². The molecule has 6 heteroatoms. The zero-order chi connectivity index (χ0) is 12.1. The van der Waals surface area contributed by atoms with Crippen LogP contribution in [-0.4, -0.2) is 4.92 Å². The van der Waals surface area contributed by atoms with E-state index in [0.717, 1.165) is 5.56 Å². The molecule has 0 radical (unpaired) electrons. The van der Waals surface area contributed by atoms with E-state index in [2.05, 4.69) is 0 Å². The van der Waals surface area contributed by atoms with Gasteiger partial charge in [-0.2, -0.15) is 0 Å². The summed E-state index contributed by atoms with van der Waals surface area (Å²) in [7, 11) is 0. The average molecular weight is 242 g/mol. The number of rotatable bonds is 4. The molecule has 0 saturated carbocycles. The van der Waals surface area contributed by atoms with Gasteiger partial charge in [0.25, 0.3) is 5.70 Å². The van der Waals surface area contributed by atoms with E-state index in [9.17, 15) is 10.1 Å². The number of hydrogen-bond donors (Lipinski definition) is 2. The lowest BCUT2D eigenvalue weighted by Gasteiger charge is -2.01. The summed E-state index contributed by atoms with van der Waals surface area (Å²) in [5.74, 6) is -0.237. The van der Waals surface area contributed by atoms with Crippen LogP contribution in [0.2, 0.25) is 5.02 Å². The summed E-state index contributed by atoms with van der Waals surface area (Å²) in [6.45, 7) is 0. The van der Waals surface area contributed by atoms with Crippen LogP contribution in [0, 0.1) is 10.1 Å². The van der Waals surface area contributed by atoms with Gasteiger partial charge in [-0.3, -0.25) is 10.1 Å². The first kappa shape index (κ1) is 12.3. The fourth-order valence-corrected chi connectivity index (χ4v) is 1.38. The van der Waals surface area contributed by atoms with Crippen molar-refractivity contribution < 1.29 is 4.92 Å². The number of nitro groups is 1. The smallest absolute Gasteiger partial charge is 0.285 e. The molecule has 0 unspecified atom stereocenters. The van der Waals surface area contributed by atoms with Gasteiger partial charge in [-0.1, -0.05) is 23.7 Å². The maximum atomic E-state index is 10.6. The summed E-state index contributed by atoms with van der Waals surface area (Å²) in [5.41, 5.74) is 11.2. The molecule has 0 atom stereocenters. The predicted molar refractivity (Wildman–Crippen MR) is 62.2 cm³/mol. The summed E-state index contributed by atoms with van der Waals surface area (Å²) in [4.78, 5) is 10.0. The SMILES string of the molecule is NC(N)=C(CCc1ccc(Cl)cc1)[N+](=O)[O-]. The van der Waals surface area contributed by atoms with Crippen LogP contribution in [0.5, 0.6) is 0 Å². The Morgan fingerprint density at radius 2 is 1.88 bits per heavy atom. The second-order valence-corrected chi connectivity index (χ2v) is 3.72. The van der Waals surface area contributed by atoms with Crippen molar-refractivity contribution in [1.82, 2.24) is 0 Å². The summed E-state index contributed by atoms with van der Waals surface area (Å²) >= 11 is 5.72. The van der Waals surface area contributed by atoms with Crippen molar-refractivity contribution >= 4 is 11.6 Å². The monoisotopic (exact) mass is 241 g/mol. The number of hydrogen-bond acceptors (Lipinski definition) is 4. The van der Waals surface area contributed by atoms with Gasteiger partial charge in [0.1, 0.15) is 0 Å². The van der Waals surface area contributed by atoms with Crippen LogP contribution in [0.25, 0.3) is 0 Å². The topological polar surface area (TPSA) is 95.2 Å². The van der Waals surface area contributed by atoms with Crippen molar-refractivity contribution in [3.63, 3.8) is 0 Å². The lowest BCUT2D eigenvalue weighted by atomic mass is 10.1. The first-order valence-electron chi connectivity index (χ1n) is 4.63. The minimum absolute atomic E-state index is 0.144. The van der Waals surface area contributed by atoms with Gasteiger partial charge in [0.2, 0.25) is 0 Å². The Kier molecular flexibility index (Phi) is 4.13. The zero-order valence-electron chi connectivity index (χ0n) is 8.52. The third-order valence-corrected chi connectivity index (χ3v) is 2.37. The van der Waals surface area contributed by atoms with Crippen LogP contribution in [0.15, 0.2) is 35.8 Å². The third-order valence-electron chi connectivity index (χ3n) is 2.12. The first-order chi connectivity index (χ1) is 7.50. The molecule has 1 aromatic carbocycles. The van der Waals surface area contributed by atoms with Gasteiger partial charge in [0.05, 0.1) is 4.92 Å². The van der Waals surface area contributed by atoms with Crippen LogP contribution >= 0.6 is 11.6 Å². The molecule has 0 heterocycles. The highest BCUT2D eigenvalue weighted by molar-refractivity contribution is 6.30. The van der Waals surface area contributed by atoms with E-state index in [4.69, 9.17) is 23.1 Å². The quantitative estimate of drug-likeness (QED) is 0.619. The summed E-state index contributed by atoms with van der Waals surface area (Å²) < 4.78 is 0. The molecule has 86 valence electrons. The van der Waals surface area contributed by atoms with E-state index in [-0.39, 0.29) is 17.9 Å². The Morgan fingerprint density at radius 3 is 2.31 bits per heavy atom. The number of benzene rings is 1. The molecule has 0 amide bonds. The number of halogens is 1. The number of nitrogens with zero attached hydrogens (tertiary/aromatic N) is 1. The molecule has 0 aromatic heterocycles. The van der Waals surface area contributed by atoms with E-state index < -0.39 is 4.92 Å². The van der Waals surface area contributed by atoms with Crippen LogP contribution in [-0.2, 0) is 6.42 Å². The van der Waals surface area contributed by atoms with Crippen molar-refractivity contribution in [2.75, 3.05) is 0 Å². The highest BCUT2D eigenvalue weighted by Gasteiger charge is 2.14. The van der Waals surface area contributed by atoms with Gasteiger partial charge in [-0.25, -0.2) is 0 Å². The summed E-state index contributed by atoms with van der Waals surface area (Å²) in [6.07, 6.45) is 0.711. The van der Waals surface area contributed by atoms with Crippen LogP contribution in [0.3, 0.4) is 0 Å². The number of nitrogens with two attached hydrogens (primary N) is 2.